The Balaban J connectivity index is 1.43. The molecule has 3 rings (SSSR count). The van der Waals surface area contributed by atoms with Gasteiger partial charge in [-0.25, -0.2) is 0 Å². The van der Waals surface area contributed by atoms with Crippen molar-refractivity contribution in [2.45, 2.75) is 51.0 Å². The fourth-order valence-corrected chi connectivity index (χ4v) is 4.05. The molecule has 2 saturated carbocycles. The molecule has 1 spiro atoms. The Labute approximate surface area is 92.7 Å². The topological polar surface area (TPSA) is 23.5 Å². The summed E-state index contributed by atoms with van der Waals surface area (Å²) in [6.45, 7) is 3.98. The van der Waals surface area contributed by atoms with Gasteiger partial charge in [0.25, 0.3) is 0 Å². The first-order valence-electron chi connectivity index (χ1n) is 6.66. The second-order valence-electron chi connectivity index (χ2n) is 6.21. The van der Waals surface area contributed by atoms with Crippen LogP contribution in [0.4, 0.5) is 0 Å². The van der Waals surface area contributed by atoms with Gasteiger partial charge in [-0.1, -0.05) is 12.8 Å². The average molecular weight is 209 g/mol. The lowest BCUT2D eigenvalue weighted by atomic mass is 9.78. The van der Waals surface area contributed by atoms with E-state index < -0.39 is 0 Å². The fourth-order valence-electron chi connectivity index (χ4n) is 4.05. The van der Waals surface area contributed by atoms with Crippen molar-refractivity contribution in [3.63, 3.8) is 0 Å². The number of hydrogen-bond donors (Lipinski definition) is 1. The van der Waals surface area contributed by atoms with Crippen LogP contribution >= 0.6 is 0 Å². The van der Waals surface area contributed by atoms with Gasteiger partial charge in [0, 0.05) is 19.6 Å². The van der Waals surface area contributed by atoms with Crippen LogP contribution in [0.3, 0.4) is 0 Å². The minimum absolute atomic E-state index is 0.0108. The van der Waals surface area contributed by atoms with Gasteiger partial charge in [-0.15, -0.1) is 0 Å². The molecular weight excluding hydrogens is 186 g/mol. The second kappa shape index (κ2) is 3.74. The van der Waals surface area contributed by atoms with Crippen LogP contribution in [-0.2, 0) is 0 Å². The van der Waals surface area contributed by atoms with Crippen molar-refractivity contribution < 1.29 is 5.11 Å². The number of aliphatic hydroxyl groups is 1. The number of hydrogen-bond acceptors (Lipinski definition) is 2. The van der Waals surface area contributed by atoms with Gasteiger partial charge >= 0.3 is 0 Å². The third-order valence-corrected chi connectivity index (χ3v) is 4.81. The maximum Gasteiger partial charge on any atom is 0.0543 e. The first kappa shape index (κ1) is 10.1. The van der Waals surface area contributed by atoms with Gasteiger partial charge < -0.3 is 10.0 Å². The van der Waals surface area contributed by atoms with Crippen molar-refractivity contribution >= 4 is 0 Å². The van der Waals surface area contributed by atoms with Gasteiger partial charge in [0.1, 0.15) is 0 Å². The van der Waals surface area contributed by atoms with E-state index >= 15 is 0 Å². The molecule has 0 bridgehead atoms. The normalized spacial score (nSPS) is 39.8. The van der Waals surface area contributed by atoms with E-state index in [0.29, 0.717) is 0 Å². The third kappa shape index (κ3) is 1.94. The predicted molar refractivity (Wildman–Crippen MR) is 60.7 cm³/mol. The number of nitrogens with zero attached hydrogens (tertiary/aromatic N) is 1. The quantitative estimate of drug-likeness (QED) is 0.752. The van der Waals surface area contributed by atoms with Crippen LogP contribution in [-0.4, -0.2) is 35.7 Å². The molecule has 0 amide bonds. The summed E-state index contributed by atoms with van der Waals surface area (Å²) < 4.78 is 0. The zero-order valence-corrected chi connectivity index (χ0v) is 9.62. The molecule has 2 nitrogen and oxygen atoms in total. The Hall–Kier alpha value is -0.0800. The fraction of sp³-hybridized carbons (Fsp3) is 1.00. The second-order valence-corrected chi connectivity index (χ2v) is 6.21. The summed E-state index contributed by atoms with van der Waals surface area (Å²) in [7, 11) is 0. The Morgan fingerprint density at radius 1 is 1.13 bits per heavy atom. The summed E-state index contributed by atoms with van der Waals surface area (Å²) in [6, 6.07) is 0. The summed E-state index contributed by atoms with van der Waals surface area (Å²) in [5.41, 5.74) is 0.747. The molecule has 0 radical (unpaired) electrons. The Bertz CT molecular complexity index is 227. The van der Waals surface area contributed by atoms with Crippen LogP contribution in [0.1, 0.15) is 44.9 Å². The van der Waals surface area contributed by atoms with Crippen molar-refractivity contribution in [3.05, 3.63) is 0 Å². The minimum Gasteiger partial charge on any atom is -0.393 e. The van der Waals surface area contributed by atoms with E-state index in [1.807, 2.05) is 0 Å². The van der Waals surface area contributed by atoms with Gasteiger partial charge in [0.2, 0.25) is 0 Å². The highest BCUT2D eigenvalue weighted by Crippen LogP contribution is 2.46. The van der Waals surface area contributed by atoms with Crippen molar-refractivity contribution in [2.75, 3.05) is 19.6 Å². The molecule has 2 atom stereocenters. The standard InChI is InChI=1S/C13H23NO/c15-12-4-3-11(7-12)8-14-9-13(10-14)5-1-2-6-13/h11-12,15H,1-10H2. The first-order chi connectivity index (χ1) is 7.26. The maximum atomic E-state index is 9.49. The van der Waals surface area contributed by atoms with Gasteiger partial charge in [0.05, 0.1) is 6.10 Å². The van der Waals surface area contributed by atoms with E-state index in [-0.39, 0.29) is 6.10 Å². The number of aliphatic hydroxyl groups excluding tert-OH is 1. The molecule has 1 heterocycles. The maximum absolute atomic E-state index is 9.49. The Morgan fingerprint density at radius 3 is 2.47 bits per heavy atom. The van der Waals surface area contributed by atoms with Crippen molar-refractivity contribution in [3.8, 4) is 0 Å². The largest absolute Gasteiger partial charge is 0.393 e. The van der Waals surface area contributed by atoms with Crippen molar-refractivity contribution in [2.24, 2.45) is 11.3 Å². The van der Waals surface area contributed by atoms with Crippen LogP contribution in [0.15, 0.2) is 0 Å². The molecule has 2 heteroatoms. The lowest BCUT2D eigenvalue weighted by Crippen LogP contribution is -2.55. The monoisotopic (exact) mass is 209 g/mol. The van der Waals surface area contributed by atoms with E-state index in [9.17, 15) is 5.11 Å². The van der Waals surface area contributed by atoms with E-state index in [4.69, 9.17) is 0 Å². The zero-order valence-electron chi connectivity index (χ0n) is 9.62. The van der Waals surface area contributed by atoms with Crippen LogP contribution < -0.4 is 0 Å². The molecule has 3 aliphatic rings. The highest BCUT2D eigenvalue weighted by atomic mass is 16.3. The van der Waals surface area contributed by atoms with E-state index in [0.717, 1.165) is 24.2 Å². The van der Waals surface area contributed by atoms with E-state index in [1.54, 1.807) is 0 Å². The molecule has 0 aromatic rings. The van der Waals surface area contributed by atoms with Crippen LogP contribution in [0.5, 0.6) is 0 Å². The lowest BCUT2D eigenvalue weighted by Gasteiger charge is -2.49. The van der Waals surface area contributed by atoms with Gasteiger partial charge in [-0.05, 0) is 43.4 Å². The van der Waals surface area contributed by atoms with Crippen LogP contribution in [0.2, 0.25) is 0 Å². The molecule has 1 N–H and O–H groups in total. The Morgan fingerprint density at radius 2 is 1.87 bits per heavy atom. The minimum atomic E-state index is 0.0108. The van der Waals surface area contributed by atoms with Crippen molar-refractivity contribution in [1.82, 2.24) is 4.90 Å². The molecule has 2 unspecified atom stereocenters. The van der Waals surface area contributed by atoms with Gasteiger partial charge in [-0.3, -0.25) is 0 Å². The molecular formula is C13H23NO. The van der Waals surface area contributed by atoms with Gasteiger partial charge in [0.15, 0.2) is 0 Å². The molecule has 1 saturated heterocycles. The molecule has 86 valence electrons. The molecule has 3 fully saturated rings. The molecule has 1 aliphatic heterocycles. The first-order valence-corrected chi connectivity index (χ1v) is 6.66. The highest BCUT2D eigenvalue weighted by molar-refractivity contribution is 4.98. The lowest BCUT2D eigenvalue weighted by molar-refractivity contribution is -0.00534. The summed E-state index contributed by atoms with van der Waals surface area (Å²) in [6.07, 6.45) is 9.27. The van der Waals surface area contributed by atoms with Crippen molar-refractivity contribution in [1.29, 1.82) is 0 Å². The Kier molecular flexibility index (Phi) is 2.52. The smallest absolute Gasteiger partial charge is 0.0543 e. The molecule has 15 heavy (non-hydrogen) atoms. The molecule has 0 aromatic heterocycles. The van der Waals surface area contributed by atoms with Crippen LogP contribution in [0.25, 0.3) is 0 Å². The molecule has 2 aliphatic carbocycles. The highest BCUT2D eigenvalue weighted by Gasteiger charge is 2.45. The van der Waals surface area contributed by atoms with E-state index in [1.165, 1.54) is 51.7 Å². The number of rotatable bonds is 2. The summed E-state index contributed by atoms with van der Waals surface area (Å²) >= 11 is 0. The number of likely N-dealkylation sites (tertiary alicyclic amines) is 1. The summed E-state index contributed by atoms with van der Waals surface area (Å²) in [5, 5.41) is 9.49. The summed E-state index contributed by atoms with van der Waals surface area (Å²) in [4.78, 5) is 2.63. The zero-order chi connectivity index (χ0) is 10.3. The predicted octanol–water partition coefficient (Wildman–Crippen LogP) is 2.02. The third-order valence-electron chi connectivity index (χ3n) is 4.81. The summed E-state index contributed by atoms with van der Waals surface area (Å²) in [5.74, 6) is 0.791. The van der Waals surface area contributed by atoms with E-state index in [2.05, 4.69) is 4.90 Å². The SMILES string of the molecule is OC1CCC(CN2CC3(CCCC3)C2)C1. The molecule has 0 aromatic carbocycles. The average Bonchev–Trinajstić information content (AvgIpc) is 2.74. The van der Waals surface area contributed by atoms with Gasteiger partial charge in [-0.2, -0.15) is 0 Å². The van der Waals surface area contributed by atoms with Crippen LogP contribution in [0, 0.1) is 11.3 Å².